The van der Waals surface area contributed by atoms with Gasteiger partial charge < -0.3 is 10.2 Å². The molecule has 0 unspecified atom stereocenters. The van der Waals surface area contributed by atoms with Crippen LogP contribution in [0.25, 0.3) is 10.9 Å². The molecule has 0 aliphatic carbocycles. The first-order valence-corrected chi connectivity index (χ1v) is 12.5. The van der Waals surface area contributed by atoms with Gasteiger partial charge in [0.25, 0.3) is 0 Å². The SMILES string of the molecule is C[C@@H]1Cc2c(ccc3[nH]ncc23)[C@@H](c2c(F)cc(NCCN3CC(CF)C3)cc2F)N1CC(C)(C)F. The standard InChI is InChI=1S/C27H33F4N5/c1-16-8-20-19(4-5-24-21(20)12-33-34-24)26(36(16)15-27(2,3)31)25-22(29)9-18(10-23(25)30)32-6-7-35-13-17(11-28)14-35/h4-5,9-10,12,16-17,26,32H,6-8,11,13-15H2,1-3H3,(H,33,34)/t16-,26+/m1/s1. The minimum atomic E-state index is -1.55. The summed E-state index contributed by atoms with van der Waals surface area (Å²) in [4.78, 5) is 3.97. The van der Waals surface area contributed by atoms with Crippen LogP contribution in [0.4, 0.5) is 23.2 Å². The number of nitrogens with one attached hydrogen (secondary N) is 2. The monoisotopic (exact) mass is 503 g/mol. The third kappa shape index (κ3) is 4.83. The Kier molecular flexibility index (Phi) is 6.72. The number of hydrogen-bond acceptors (Lipinski definition) is 4. The van der Waals surface area contributed by atoms with Gasteiger partial charge >= 0.3 is 0 Å². The van der Waals surface area contributed by atoms with E-state index in [1.807, 2.05) is 24.0 Å². The highest BCUT2D eigenvalue weighted by Gasteiger charge is 2.40. The van der Waals surface area contributed by atoms with Crippen molar-refractivity contribution in [3.63, 3.8) is 0 Å². The maximum absolute atomic E-state index is 15.7. The van der Waals surface area contributed by atoms with E-state index in [-0.39, 0.29) is 30.7 Å². The molecule has 0 bridgehead atoms. The highest BCUT2D eigenvalue weighted by atomic mass is 19.1. The Bertz CT molecular complexity index is 1210. The highest BCUT2D eigenvalue weighted by Crippen LogP contribution is 2.43. The zero-order valence-electron chi connectivity index (χ0n) is 20.9. The number of nitrogens with zero attached hydrogens (tertiary/aromatic N) is 3. The van der Waals surface area contributed by atoms with Gasteiger partial charge in [-0.05, 0) is 56.5 Å². The summed E-state index contributed by atoms with van der Waals surface area (Å²) in [5, 5.41) is 11.1. The van der Waals surface area contributed by atoms with Gasteiger partial charge in [0.05, 0.1) is 24.4 Å². The molecule has 2 N–H and O–H groups in total. The van der Waals surface area contributed by atoms with Crippen molar-refractivity contribution in [3.05, 3.63) is 58.8 Å². The predicted octanol–water partition coefficient (Wildman–Crippen LogP) is 5.24. The minimum absolute atomic E-state index is 0.0380. The van der Waals surface area contributed by atoms with Crippen LogP contribution >= 0.6 is 0 Å². The number of aromatic nitrogens is 2. The second-order valence-corrected chi connectivity index (χ2v) is 10.9. The summed E-state index contributed by atoms with van der Waals surface area (Å²) in [6, 6.07) is 5.44. The third-order valence-corrected chi connectivity index (χ3v) is 7.38. The Balaban J connectivity index is 1.47. The molecule has 2 atom stereocenters. The van der Waals surface area contributed by atoms with Crippen LogP contribution in [0, 0.1) is 17.6 Å². The smallest absolute Gasteiger partial charge is 0.133 e. The second kappa shape index (κ2) is 9.67. The van der Waals surface area contributed by atoms with E-state index in [4.69, 9.17) is 0 Å². The quantitative estimate of drug-likeness (QED) is 0.413. The van der Waals surface area contributed by atoms with Gasteiger partial charge in [-0.25, -0.2) is 13.2 Å². The number of benzene rings is 2. The fourth-order valence-corrected chi connectivity index (χ4v) is 5.69. The van der Waals surface area contributed by atoms with Crippen LogP contribution < -0.4 is 5.32 Å². The van der Waals surface area contributed by atoms with Gasteiger partial charge in [-0.2, -0.15) is 5.10 Å². The molecule has 36 heavy (non-hydrogen) atoms. The summed E-state index contributed by atoms with van der Waals surface area (Å²) in [6.45, 7) is 7.27. The number of likely N-dealkylation sites (tertiary alicyclic amines) is 1. The fourth-order valence-electron chi connectivity index (χ4n) is 5.69. The Hall–Kier alpha value is -2.65. The van der Waals surface area contributed by atoms with Crippen molar-refractivity contribution in [1.29, 1.82) is 0 Å². The molecule has 3 aromatic rings. The summed E-state index contributed by atoms with van der Waals surface area (Å²) in [5.74, 6) is -1.24. The Morgan fingerprint density at radius 2 is 1.89 bits per heavy atom. The van der Waals surface area contributed by atoms with Crippen molar-refractivity contribution in [2.75, 3.05) is 44.7 Å². The number of fused-ring (bicyclic) bond motifs is 3. The summed E-state index contributed by atoms with van der Waals surface area (Å²) >= 11 is 0. The molecule has 2 aromatic carbocycles. The van der Waals surface area contributed by atoms with Crippen molar-refractivity contribution < 1.29 is 17.6 Å². The summed E-state index contributed by atoms with van der Waals surface area (Å²) in [5.41, 5.74) is 1.34. The lowest BCUT2D eigenvalue weighted by Crippen LogP contribution is -2.49. The molecule has 0 spiro atoms. The number of halogens is 4. The number of hydrogen-bond donors (Lipinski definition) is 2. The fraction of sp³-hybridized carbons (Fsp3) is 0.519. The lowest BCUT2D eigenvalue weighted by atomic mass is 9.82. The van der Waals surface area contributed by atoms with Gasteiger partial charge in [0, 0.05) is 61.3 Å². The number of alkyl halides is 2. The molecular formula is C27H33F4N5. The van der Waals surface area contributed by atoms with Crippen LogP contribution in [0.1, 0.15) is 43.5 Å². The molecule has 0 amide bonds. The van der Waals surface area contributed by atoms with Crippen LogP contribution in [-0.2, 0) is 6.42 Å². The first kappa shape index (κ1) is 25.0. The number of H-pyrrole nitrogens is 1. The third-order valence-electron chi connectivity index (χ3n) is 7.38. The second-order valence-electron chi connectivity index (χ2n) is 10.9. The van der Waals surface area contributed by atoms with Gasteiger partial charge in [-0.1, -0.05) is 6.07 Å². The Labute approximate surface area is 208 Å². The first-order valence-electron chi connectivity index (χ1n) is 12.5. The average Bonchev–Trinajstić information content (AvgIpc) is 3.25. The topological polar surface area (TPSA) is 47.2 Å². The van der Waals surface area contributed by atoms with Crippen LogP contribution in [0.5, 0.6) is 0 Å². The zero-order valence-corrected chi connectivity index (χ0v) is 20.9. The zero-order chi connectivity index (χ0) is 25.6. The van der Waals surface area contributed by atoms with E-state index in [0.29, 0.717) is 38.3 Å². The molecule has 5 nitrogen and oxygen atoms in total. The molecule has 5 rings (SSSR count). The molecule has 2 aliphatic heterocycles. The van der Waals surface area contributed by atoms with Crippen LogP contribution in [0.15, 0.2) is 30.5 Å². The van der Waals surface area contributed by atoms with E-state index >= 15 is 8.78 Å². The molecule has 0 saturated carbocycles. The normalized spacial score (nSPS) is 21.5. The van der Waals surface area contributed by atoms with E-state index in [1.54, 1.807) is 6.20 Å². The van der Waals surface area contributed by atoms with Crippen LogP contribution in [0.2, 0.25) is 0 Å². The highest BCUT2D eigenvalue weighted by molar-refractivity contribution is 5.83. The van der Waals surface area contributed by atoms with Crippen LogP contribution in [-0.4, -0.2) is 71.1 Å². The number of aromatic amines is 1. The molecule has 0 radical (unpaired) electrons. The molecule has 9 heteroatoms. The predicted molar refractivity (Wildman–Crippen MR) is 134 cm³/mol. The van der Waals surface area contributed by atoms with Crippen molar-refractivity contribution in [2.24, 2.45) is 5.92 Å². The number of rotatable bonds is 8. The van der Waals surface area contributed by atoms with Crippen molar-refractivity contribution >= 4 is 16.6 Å². The van der Waals surface area contributed by atoms with E-state index < -0.39 is 23.3 Å². The maximum atomic E-state index is 15.7. The molecule has 1 fully saturated rings. The summed E-state index contributed by atoms with van der Waals surface area (Å²) < 4.78 is 58.8. The molecule has 3 heterocycles. The molecular weight excluding hydrogens is 470 g/mol. The summed E-state index contributed by atoms with van der Waals surface area (Å²) in [6.07, 6.45) is 2.36. The molecule has 194 valence electrons. The largest absolute Gasteiger partial charge is 0.384 e. The lowest BCUT2D eigenvalue weighted by molar-refractivity contribution is 0.0656. The van der Waals surface area contributed by atoms with Gasteiger partial charge in [0.2, 0.25) is 0 Å². The Morgan fingerprint density at radius 3 is 2.56 bits per heavy atom. The van der Waals surface area contributed by atoms with E-state index in [9.17, 15) is 8.78 Å². The minimum Gasteiger partial charge on any atom is -0.384 e. The van der Waals surface area contributed by atoms with Gasteiger partial charge in [0.15, 0.2) is 0 Å². The van der Waals surface area contributed by atoms with E-state index in [1.165, 1.54) is 26.0 Å². The van der Waals surface area contributed by atoms with Gasteiger partial charge in [-0.3, -0.25) is 14.4 Å². The van der Waals surface area contributed by atoms with Crippen LogP contribution in [0.3, 0.4) is 0 Å². The maximum Gasteiger partial charge on any atom is 0.133 e. The van der Waals surface area contributed by atoms with Crippen molar-refractivity contribution in [1.82, 2.24) is 20.0 Å². The number of anilines is 1. The van der Waals surface area contributed by atoms with E-state index in [2.05, 4.69) is 20.4 Å². The van der Waals surface area contributed by atoms with Gasteiger partial charge in [-0.15, -0.1) is 0 Å². The Morgan fingerprint density at radius 1 is 1.17 bits per heavy atom. The molecule has 1 aromatic heterocycles. The molecule has 1 saturated heterocycles. The first-order chi connectivity index (χ1) is 17.1. The van der Waals surface area contributed by atoms with Gasteiger partial charge in [0.1, 0.15) is 17.3 Å². The average molecular weight is 504 g/mol. The molecule has 2 aliphatic rings. The lowest BCUT2D eigenvalue weighted by Gasteiger charge is -2.44. The van der Waals surface area contributed by atoms with Crippen molar-refractivity contribution in [2.45, 2.75) is 44.9 Å². The summed E-state index contributed by atoms with van der Waals surface area (Å²) in [7, 11) is 0. The van der Waals surface area contributed by atoms with Crippen molar-refractivity contribution in [3.8, 4) is 0 Å². The van der Waals surface area contributed by atoms with E-state index in [0.717, 1.165) is 22.0 Å².